The molecule has 0 aliphatic heterocycles. The molecule has 0 radical (unpaired) electrons. The monoisotopic (exact) mass is 291 g/mol. The normalized spacial score (nSPS) is 12.9. The Hall–Kier alpha value is -0.430. The van der Waals surface area contributed by atoms with E-state index in [4.69, 9.17) is 0 Å². The minimum atomic E-state index is -3.53. The Morgan fingerprint density at radius 3 is 2.56 bits per heavy atom. The molecule has 0 bridgehead atoms. The fourth-order valence-electron chi connectivity index (χ4n) is 1.44. The average molecular weight is 291 g/mol. The minimum absolute atomic E-state index is 0.0730. The first-order valence-corrected chi connectivity index (χ1v) is 8.27. The van der Waals surface area contributed by atoms with Gasteiger partial charge in [-0.3, -0.25) is 0 Å². The van der Waals surface area contributed by atoms with Gasteiger partial charge in [0.25, 0.3) is 0 Å². The number of nitrogens with one attached hydrogen (secondary N) is 1. The minimum Gasteiger partial charge on any atom is -0.391 e. The molecule has 1 heterocycles. The van der Waals surface area contributed by atoms with Gasteiger partial charge in [0.15, 0.2) is 0 Å². The number of aliphatic hydroxyl groups is 1. The second-order valence-corrected chi connectivity index (χ2v) is 7.84. The summed E-state index contributed by atoms with van der Waals surface area (Å²) in [4.78, 5) is 0.733. The lowest BCUT2D eigenvalue weighted by Gasteiger charge is -2.23. The van der Waals surface area contributed by atoms with Crippen molar-refractivity contribution in [1.82, 2.24) is 4.72 Å². The third-order valence-corrected chi connectivity index (χ3v) is 5.95. The molecule has 0 spiro atoms. The fraction of sp³-hybridized carbons (Fsp3) is 0.667. The maximum Gasteiger partial charge on any atom is 0.242 e. The zero-order chi connectivity index (χ0) is 14.0. The Bertz CT molecular complexity index is 503. The van der Waals surface area contributed by atoms with E-state index >= 15 is 0 Å². The largest absolute Gasteiger partial charge is 0.391 e. The van der Waals surface area contributed by atoms with Crippen LogP contribution in [0.5, 0.6) is 0 Å². The van der Waals surface area contributed by atoms with E-state index < -0.39 is 10.0 Å². The summed E-state index contributed by atoms with van der Waals surface area (Å²) in [5, 5.41) is 10.9. The maximum atomic E-state index is 12.2. The van der Waals surface area contributed by atoms with E-state index in [9.17, 15) is 13.5 Å². The van der Waals surface area contributed by atoms with Crippen LogP contribution in [0, 0.1) is 12.3 Å². The summed E-state index contributed by atoms with van der Waals surface area (Å²) in [5.74, 6) is 0. The lowest BCUT2D eigenvalue weighted by atomic mass is 9.91. The van der Waals surface area contributed by atoms with E-state index in [1.807, 2.05) is 20.8 Å². The van der Waals surface area contributed by atoms with E-state index in [-0.39, 0.29) is 16.9 Å². The van der Waals surface area contributed by atoms with Gasteiger partial charge in [-0.1, -0.05) is 20.8 Å². The van der Waals surface area contributed by atoms with Crippen LogP contribution in [-0.2, 0) is 16.6 Å². The highest BCUT2D eigenvalue weighted by atomic mass is 32.2. The molecule has 0 aliphatic carbocycles. The van der Waals surface area contributed by atoms with Crippen molar-refractivity contribution >= 4 is 21.4 Å². The van der Waals surface area contributed by atoms with Crippen LogP contribution in [-0.4, -0.2) is 20.1 Å². The molecule has 0 fully saturated rings. The molecule has 0 saturated heterocycles. The zero-order valence-electron chi connectivity index (χ0n) is 11.3. The van der Waals surface area contributed by atoms with Crippen molar-refractivity contribution in [2.24, 2.45) is 5.41 Å². The molecule has 6 heteroatoms. The average Bonchev–Trinajstić information content (AvgIpc) is 2.69. The van der Waals surface area contributed by atoms with E-state index in [0.717, 1.165) is 6.42 Å². The molecular formula is C12H21NO3S2. The summed E-state index contributed by atoms with van der Waals surface area (Å²) in [6.07, 6.45) is 0.894. The Labute approximate surface area is 113 Å². The number of hydrogen-bond acceptors (Lipinski definition) is 4. The molecule has 2 N–H and O–H groups in total. The van der Waals surface area contributed by atoms with Crippen LogP contribution in [0.3, 0.4) is 0 Å². The molecule has 0 unspecified atom stereocenters. The van der Waals surface area contributed by atoms with Crippen LogP contribution in [0.15, 0.2) is 10.3 Å². The summed E-state index contributed by atoms with van der Waals surface area (Å²) in [7, 11) is -3.53. The highest BCUT2D eigenvalue weighted by Gasteiger charge is 2.25. The smallest absolute Gasteiger partial charge is 0.242 e. The summed E-state index contributed by atoms with van der Waals surface area (Å²) >= 11 is 1.27. The van der Waals surface area contributed by atoms with Crippen molar-refractivity contribution < 1.29 is 13.5 Å². The second-order valence-electron chi connectivity index (χ2n) is 5.17. The second kappa shape index (κ2) is 5.69. The Morgan fingerprint density at radius 1 is 1.44 bits per heavy atom. The molecule has 18 heavy (non-hydrogen) atoms. The third kappa shape index (κ3) is 3.54. The van der Waals surface area contributed by atoms with E-state index in [0.29, 0.717) is 17.0 Å². The number of aliphatic hydroxyl groups excluding tert-OH is 1. The van der Waals surface area contributed by atoms with Gasteiger partial charge in [0.1, 0.15) is 4.90 Å². The highest BCUT2D eigenvalue weighted by Crippen LogP contribution is 2.27. The highest BCUT2D eigenvalue weighted by molar-refractivity contribution is 7.89. The van der Waals surface area contributed by atoms with Gasteiger partial charge in [0, 0.05) is 6.54 Å². The van der Waals surface area contributed by atoms with Crippen LogP contribution in [0.4, 0.5) is 0 Å². The first-order valence-electron chi connectivity index (χ1n) is 5.91. The molecule has 0 saturated carbocycles. The summed E-state index contributed by atoms with van der Waals surface area (Å²) in [6, 6.07) is 0. The molecule has 0 amide bonds. The van der Waals surface area contributed by atoms with Crippen molar-refractivity contribution in [3.05, 3.63) is 15.8 Å². The number of rotatable bonds is 6. The van der Waals surface area contributed by atoms with Crippen LogP contribution in [0.25, 0.3) is 0 Å². The van der Waals surface area contributed by atoms with Gasteiger partial charge in [-0.05, 0) is 29.7 Å². The van der Waals surface area contributed by atoms with Gasteiger partial charge in [-0.15, -0.1) is 11.3 Å². The SMILES string of the molecule is CCC(C)(C)CNS(=O)(=O)c1c(C)csc1CO. The van der Waals surface area contributed by atoms with Gasteiger partial charge < -0.3 is 5.11 Å². The molecule has 1 aromatic rings. The standard InChI is InChI=1S/C12H21NO3S2/c1-5-12(3,4)8-13-18(15,16)11-9(2)7-17-10(11)6-14/h7,13-14H,5-6,8H2,1-4H3. The quantitative estimate of drug-likeness (QED) is 0.845. The number of thiophene rings is 1. The Balaban J connectivity index is 2.97. The lowest BCUT2D eigenvalue weighted by molar-refractivity contribution is 0.282. The van der Waals surface area contributed by atoms with Crippen LogP contribution in [0.1, 0.15) is 37.6 Å². The molecule has 0 aromatic carbocycles. The molecule has 104 valence electrons. The van der Waals surface area contributed by atoms with Crippen LogP contribution < -0.4 is 4.72 Å². The van der Waals surface area contributed by atoms with Gasteiger partial charge in [-0.2, -0.15) is 0 Å². The topological polar surface area (TPSA) is 66.4 Å². The van der Waals surface area contributed by atoms with Crippen molar-refractivity contribution in [2.45, 2.75) is 45.6 Å². The van der Waals surface area contributed by atoms with E-state index in [2.05, 4.69) is 4.72 Å². The van der Waals surface area contributed by atoms with Crippen molar-refractivity contribution in [1.29, 1.82) is 0 Å². The fourth-order valence-corrected chi connectivity index (χ4v) is 4.34. The maximum absolute atomic E-state index is 12.2. The van der Waals surface area contributed by atoms with Gasteiger partial charge in [-0.25, -0.2) is 13.1 Å². The number of aryl methyl sites for hydroxylation is 1. The van der Waals surface area contributed by atoms with Crippen LogP contribution >= 0.6 is 11.3 Å². The first-order chi connectivity index (χ1) is 8.23. The first kappa shape index (κ1) is 15.6. The molecule has 0 atom stereocenters. The Kier molecular flexibility index (Phi) is 4.94. The summed E-state index contributed by atoms with van der Waals surface area (Å²) < 4.78 is 27.1. The van der Waals surface area contributed by atoms with Gasteiger partial charge >= 0.3 is 0 Å². The Morgan fingerprint density at radius 2 is 2.06 bits per heavy atom. The van der Waals surface area contributed by atoms with E-state index in [1.165, 1.54) is 11.3 Å². The zero-order valence-corrected chi connectivity index (χ0v) is 12.9. The molecule has 4 nitrogen and oxygen atoms in total. The van der Waals surface area contributed by atoms with E-state index in [1.54, 1.807) is 12.3 Å². The number of sulfonamides is 1. The predicted octanol–water partition coefficient (Wildman–Crippen LogP) is 2.26. The lowest BCUT2D eigenvalue weighted by Crippen LogP contribution is -2.34. The molecule has 1 rings (SSSR count). The predicted molar refractivity (Wildman–Crippen MR) is 74.2 cm³/mol. The van der Waals surface area contributed by atoms with Crippen molar-refractivity contribution in [2.75, 3.05) is 6.54 Å². The molecular weight excluding hydrogens is 270 g/mol. The molecule has 1 aromatic heterocycles. The third-order valence-electron chi connectivity index (χ3n) is 3.10. The van der Waals surface area contributed by atoms with Gasteiger partial charge in [0.2, 0.25) is 10.0 Å². The van der Waals surface area contributed by atoms with Crippen molar-refractivity contribution in [3.8, 4) is 0 Å². The van der Waals surface area contributed by atoms with Crippen LogP contribution in [0.2, 0.25) is 0 Å². The summed E-state index contributed by atoms with van der Waals surface area (Å²) in [5.41, 5.74) is 0.613. The number of hydrogen-bond donors (Lipinski definition) is 2. The van der Waals surface area contributed by atoms with Crippen molar-refractivity contribution in [3.63, 3.8) is 0 Å². The molecule has 0 aliphatic rings. The van der Waals surface area contributed by atoms with Gasteiger partial charge in [0.05, 0.1) is 11.5 Å². The summed E-state index contributed by atoms with van der Waals surface area (Å²) in [6.45, 7) is 7.96.